The Balaban J connectivity index is 1.81. The zero-order valence-electron chi connectivity index (χ0n) is 12.8. The summed E-state index contributed by atoms with van der Waals surface area (Å²) in [5, 5.41) is 0.715. The lowest BCUT2D eigenvalue weighted by Gasteiger charge is -2.22. The highest BCUT2D eigenvalue weighted by Gasteiger charge is 2.31. The number of hydrogen-bond donors (Lipinski definition) is 0. The van der Waals surface area contributed by atoms with Gasteiger partial charge in [0.15, 0.2) is 5.17 Å². The average Bonchev–Trinajstić information content (AvgIpc) is 3.05. The molecule has 2 aromatic rings. The highest BCUT2D eigenvalue weighted by molar-refractivity contribution is 8.15. The number of rotatable bonds is 4. The van der Waals surface area contributed by atoms with Crippen molar-refractivity contribution in [3.63, 3.8) is 0 Å². The molecule has 1 aliphatic rings. The van der Waals surface area contributed by atoms with Crippen LogP contribution < -0.4 is 0 Å². The molecule has 0 fully saturated rings. The summed E-state index contributed by atoms with van der Waals surface area (Å²) < 4.78 is 27.0. The van der Waals surface area contributed by atoms with Crippen molar-refractivity contribution < 1.29 is 8.42 Å². The molecule has 0 spiro atoms. The predicted octanol–water partition coefficient (Wildman–Crippen LogP) is 3.54. The molecule has 1 atom stereocenters. The van der Waals surface area contributed by atoms with E-state index in [1.807, 2.05) is 36.4 Å². The second-order valence-corrected chi connectivity index (χ2v) is 8.40. The van der Waals surface area contributed by atoms with Gasteiger partial charge in [-0.1, -0.05) is 60.3 Å². The van der Waals surface area contributed by atoms with Gasteiger partial charge in [0.1, 0.15) is 0 Å². The molecule has 0 saturated heterocycles. The van der Waals surface area contributed by atoms with Crippen LogP contribution in [0.15, 0.2) is 70.6 Å². The maximum absolute atomic E-state index is 12.8. The molecule has 2 aromatic carbocycles. The summed E-state index contributed by atoms with van der Waals surface area (Å²) >= 11 is 1.49. The van der Waals surface area contributed by atoms with Gasteiger partial charge in [0.25, 0.3) is 10.0 Å². The van der Waals surface area contributed by atoms with E-state index in [0.29, 0.717) is 23.2 Å². The summed E-state index contributed by atoms with van der Waals surface area (Å²) in [4.78, 5) is 4.71. The van der Waals surface area contributed by atoms with Gasteiger partial charge in [0.05, 0.1) is 18.0 Å². The normalized spacial score (nSPS) is 16.2. The Morgan fingerprint density at radius 1 is 1.04 bits per heavy atom. The van der Waals surface area contributed by atoms with E-state index < -0.39 is 10.0 Å². The van der Waals surface area contributed by atoms with Crippen LogP contribution in [-0.2, 0) is 10.0 Å². The molecule has 0 aliphatic carbocycles. The van der Waals surface area contributed by atoms with Gasteiger partial charge in [0, 0.05) is 5.25 Å². The van der Waals surface area contributed by atoms with E-state index in [4.69, 9.17) is 0 Å². The zero-order valence-corrected chi connectivity index (χ0v) is 14.4. The topological polar surface area (TPSA) is 49.7 Å². The lowest BCUT2D eigenvalue weighted by atomic mass is 10.2. The molecule has 3 rings (SSSR count). The van der Waals surface area contributed by atoms with Crippen molar-refractivity contribution >= 4 is 27.0 Å². The van der Waals surface area contributed by atoms with Crippen LogP contribution in [0.3, 0.4) is 0 Å². The Kier molecular flexibility index (Phi) is 4.73. The van der Waals surface area contributed by atoms with E-state index in [9.17, 15) is 8.42 Å². The molecule has 0 bridgehead atoms. The fraction of sp³-hybridized carbons (Fsp3) is 0.235. The van der Waals surface area contributed by atoms with Crippen molar-refractivity contribution in [2.75, 3.05) is 13.1 Å². The summed E-state index contributed by atoms with van der Waals surface area (Å²) in [6, 6.07) is 18.6. The Bertz CT molecular complexity index is 790. The molecule has 120 valence electrons. The summed E-state index contributed by atoms with van der Waals surface area (Å²) in [7, 11) is -3.53. The van der Waals surface area contributed by atoms with Gasteiger partial charge in [-0.25, -0.2) is 12.7 Å². The fourth-order valence-electron chi connectivity index (χ4n) is 2.40. The van der Waals surface area contributed by atoms with Crippen LogP contribution in [0.1, 0.15) is 17.7 Å². The highest BCUT2D eigenvalue weighted by Crippen LogP contribution is 2.33. The Morgan fingerprint density at radius 2 is 1.65 bits per heavy atom. The number of sulfonamides is 1. The molecule has 1 heterocycles. The van der Waals surface area contributed by atoms with E-state index in [1.165, 1.54) is 16.1 Å². The van der Waals surface area contributed by atoms with E-state index in [-0.39, 0.29) is 5.25 Å². The van der Waals surface area contributed by atoms with Gasteiger partial charge in [-0.05, 0) is 24.6 Å². The predicted molar refractivity (Wildman–Crippen MR) is 95.1 cm³/mol. The average molecular weight is 346 g/mol. The van der Waals surface area contributed by atoms with Crippen LogP contribution >= 0.6 is 11.8 Å². The third-order valence-corrected chi connectivity index (χ3v) is 6.75. The fourth-order valence-corrected chi connectivity index (χ4v) is 5.15. The first-order valence-electron chi connectivity index (χ1n) is 7.43. The molecule has 0 saturated carbocycles. The molecule has 0 radical (unpaired) electrons. The number of benzene rings is 2. The van der Waals surface area contributed by atoms with Gasteiger partial charge >= 0.3 is 0 Å². The minimum absolute atomic E-state index is 0.140. The summed E-state index contributed by atoms with van der Waals surface area (Å²) in [5.41, 5.74) is 1.16. The minimum Gasteiger partial charge on any atom is -0.260 e. The lowest BCUT2D eigenvalue weighted by molar-refractivity contribution is 0.540. The molecule has 4 nitrogen and oxygen atoms in total. The summed E-state index contributed by atoms with van der Waals surface area (Å²) in [6.45, 7) is 2.98. The highest BCUT2D eigenvalue weighted by atomic mass is 32.2. The van der Waals surface area contributed by atoms with Crippen molar-refractivity contribution in [1.29, 1.82) is 0 Å². The number of nitrogens with zero attached hydrogens (tertiary/aromatic N) is 2. The van der Waals surface area contributed by atoms with Crippen molar-refractivity contribution in [1.82, 2.24) is 4.31 Å². The molecular formula is C17H18N2O2S2. The smallest absolute Gasteiger partial charge is 0.260 e. The second kappa shape index (κ2) is 6.76. The maximum atomic E-state index is 12.8. The Hall–Kier alpha value is -1.79. The standard InChI is InChI=1S/C17H18N2O2S2/c1-14(15-8-4-2-5-9-15)22-17-18-12-13-19(17)23(20,21)16-10-6-3-7-11-16/h2-11,14H,12-13H2,1H3/t14-/m0/s1. The van der Waals surface area contributed by atoms with Gasteiger partial charge in [0.2, 0.25) is 0 Å². The van der Waals surface area contributed by atoms with Crippen molar-refractivity contribution in [3.05, 3.63) is 66.2 Å². The lowest BCUT2D eigenvalue weighted by Crippen LogP contribution is -2.33. The molecule has 23 heavy (non-hydrogen) atoms. The Labute approximate surface area is 141 Å². The molecule has 0 N–H and O–H groups in total. The third-order valence-electron chi connectivity index (χ3n) is 3.65. The largest absolute Gasteiger partial charge is 0.265 e. The monoisotopic (exact) mass is 346 g/mol. The number of aliphatic imine (C=N–C) groups is 1. The van der Waals surface area contributed by atoms with Gasteiger partial charge in [-0.15, -0.1) is 0 Å². The first kappa shape index (κ1) is 16.1. The third kappa shape index (κ3) is 3.43. The van der Waals surface area contributed by atoms with Crippen LogP contribution in [0.2, 0.25) is 0 Å². The number of thioether (sulfide) groups is 1. The maximum Gasteiger partial charge on any atom is 0.265 e. The van der Waals surface area contributed by atoms with E-state index in [1.54, 1.807) is 24.3 Å². The van der Waals surface area contributed by atoms with Gasteiger partial charge < -0.3 is 0 Å². The quantitative estimate of drug-likeness (QED) is 0.851. The zero-order chi connectivity index (χ0) is 16.3. The van der Waals surface area contributed by atoms with Crippen LogP contribution in [0.5, 0.6) is 0 Å². The van der Waals surface area contributed by atoms with E-state index in [2.05, 4.69) is 11.9 Å². The SMILES string of the molecule is C[C@H](SC1=NCCN1S(=O)(=O)c1ccccc1)c1ccccc1. The first-order valence-corrected chi connectivity index (χ1v) is 9.75. The number of hydrogen-bond acceptors (Lipinski definition) is 4. The van der Waals surface area contributed by atoms with Gasteiger partial charge in [-0.2, -0.15) is 0 Å². The Morgan fingerprint density at radius 3 is 2.30 bits per heavy atom. The van der Waals surface area contributed by atoms with E-state index >= 15 is 0 Å². The molecule has 1 aliphatic heterocycles. The second-order valence-electron chi connectivity index (χ2n) is 5.23. The molecular weight excluding hydrogens is 328 g/mol. The van der Waals surface area contributed by atoms with E-state index in [0.717, 1.165) is 5.56 Å². The van der Waals surface area contributed by atoms with Crippen LogP contribution in [0, 0.1) is 0 Å². The van der Waals surface area contributed by atoms with Crippen LogP contribution in [0.4, 0.5) is 0 Å². The molecule has 0 amide bonds. The van der Waals surface area contributed by atoms with Crippen molar-refractivity contribution in [3.8, 4) is 0 Å². The molecule has 0 unspecified atom stereocenters. The first-order chi connectivity index (χ1) is 11.1. The van der Waals surface area contributed by atoms with Gasteiger partial charge in [-0.3, -0.25) is 4.99 Å². The van der Waals surface area contributed by atoms with Crippen LogP contribution in [-0.4, -0.2) is 31.0 Å². The minimum atomic E-state index is -3.53. The number of amidine groups is 1. The molecule has 6 heteroatoms. The summed E-state index contributed by atoms with van der Waals surface area (Å²) in [6.07, 6.45) is 0. The van der Waals surface area contributed by atoms with Crippen LogP contribution in [0.25, 0.3) is 0 Å². The molecule has 0 aromatic heterocycles. The van der Waals surface area contributed by atoms with Crippen molar-refractivity contribution in [2.45, 2.75) is 17.1 Å². The summed E-state index contributed by atoms with van der Waals surface area (Å²) in [5.74, 6) is 0. The van der Waals surface area contributed by atoms with Crippen molar-refractivity contribution in [2.24, 2.45) is 4.99 Å².